The molecule has 2 atom stereocenters. The number of carbonyl (C=O) groups excluding carboxylic acids is 2. The summed E-state index contributed by atoms with van der Waals surface area (Å²) in [5.74, 6) is -0.0680. The molecule has 0 saturated carbocycles. The van der Waals surface area contributed by atoms with Gasteiger partial charge >= 0.3 is 6.03 Å². The standard InChI is InChI=1S/C18H22N4O2S/c23-16-13(7-3-4-10-19-16)21-18(24)22-11-5-8-14(22)17-20-12-6-1-2-9-15(12)25-17/h1-2,6,9,13-14H,3-5,7-8,10-11H2,(H,19,23)(H,21,24)/t13-,14-/m1/s1. The summed E-state index contributed by atoms with van der Waals surface area (Å²) in [6.45, 7) is 1.41. The van der Waals surface area contributed by atoms with Gasteiger partial charge in [0.25, 0.3) is 0 Å². The monoisotopic (exact) mass is 358 g/mol. The molecule has 2 aliphatic heterocycles. The van der Waals surface area contributed by atoms with Crippen molar-refractivity contribution in [1.82, 2.24) is 20.5 Å². The van der Waals surface area contributed by atoms with Crippen molar-refractivity contribution in [3.05, 3.63) is 29.3 Å². The van der Waals surface area contributed by atoms with Crippen LogP contribution in [0.15, 0.2) is 24.3 Å². The van der Waals surface area contributed by atoms with E-state index in [-0.39, 0.29) is 18.0 Å². The van der Waals surface area contributed by atoms with Crippen molar-refractivity contribution < 1.29 is 9.59 Å². The van der Waals surface area contributed by atoms with Gasteiger partial charge in [0.05, 0.1) is 16.3 Å². The first-order chi connectivity index (χ1) is 12.2. The first-order valence-electron chi connectivity index (χ1n) is 8.93. The number of thiazole rings is 1. The summed E-state index contributed by atoms with van der Waals surface area (Å²) in [5, 5.41) is 6.79. The Kier molecular flexibility index (Phi) is 4.57. The SMILES string of the molecule is O=C1NCCCC[C@H]1NC(=O)N1CCC[C@@H]1c1nc2ccccc2s1. The van der Waals surface area contributed by atoms with Crippen molar-refractivity contribution in [2.75, 3.05) is 13.1 Å². The number of urea groups is 1. The minimum absolute atomic E-state index is 0.00578. The first kappa shape index (κ1) is 16.3. The highest BCUT2D eigenvalue weighted by molar-refractivity contribution is 7.18. The van der Waals surface area contributed by atoms with Gasteiger partial charge in [0.1, 0.15) is 11.0 Å². The fourth-order valence-corrected chi connectivity index (χ4v) is 4.72. The van der Waals surface area contributed by atoms with E-state index >= 15 is 0 Å². The number of hydrogen-bond donors (Lipinski definition) is 2. The number of rotatable bonds is 2. The van der Waals surface area contributed by atoms with Gasteiger partial charge in [0.15, 0.2) is 0 Å². The van der Waals surface area contributed by atoms with Crippen LogP contribution in [0.1, 0.15) is 43.2 Å². The van der Waals surface area contributed by atoms with Crippen molar-refractivity contribution in [2.24, 2.45) is 0 Å². The minimum Gasteiger partial charge on any atom is -0.354 e. The molecule has 132 valence electrons. The highest BCUT2D eigenvalue weighted by Gasteiger charge is 2.34. The van der Waals surface area contributed by atoms with E-state index in [4.69, 9.17) is 4.98 Å². The lowest BCUT2D eigenvalue weighted by Gasteiger charge is -2.26. The Hall–Kier alpha value is -2.15. The van der Waals surface area contributed by atoms with E-state index < -0.39 is 6.04 Å². The number of aromatic nitrogens is 1. The van der Waals surface area contributed by atoms with Crippen molar-refractivity contribution >= 4 is 33.5 Å². The molecule has 1 aromatic carbocycles. The third-order valence-electron chi connectivity index (χ3n) is 4.94. The van der Waals surface area contributed by atoms with Crippen LogP contribution in [0.5, 0.6) is 0 Å². The average molecular weight is 358 g/mol. The molecule has 0 aliphatic carbocycles. The summed E-state index contributed by atoms with van der Waals surface area (Å²) in [7, 11) is 0. The lowest BCUT2D eigenvalue weighted by atomic mass is 10.1. The van der Waals surface area contributed by atoms with Crippen LogP contribution in [0.4, 0.5) is 4.79 Å². The summed E-state index contributed by atoms with van der Waals surface area (Å²) in [4.78, 5) is 31.4. The molecule has 0 unspecified atom stereocenters. The van der Waals surface area contributed by atoms with Crippen molar-refractivity contribution in [3.63, 3.8) is 0 Å². The van der Waals surface area contributed by atoms with Gasteiger partial charge in [0.2, 0.25) is 5.91 Å². The summed E-state index contributed by atoms with van der Waals surface area (Å²) in [6, 6.07) is 7.49. The molecule has 2 aliphatic rings. The summed E-state index contributed by atoms with van der Waals surface area (Å²) >= 11 is 1.65. The predicted octanol–water partition coefficient (Wildman–Crippen LogP) is 2.81. The Labute approximate surface area is 150 Å². The Balaban J connectivity index is 1.50. The van der Waals surface area contributed by atoms with Crippen molar-refractivity contribution in [2.45, 2.75) is 44.2 Å². The summed E-state index contributed by atoms with van der Waals surface area (Å²) < 4.78 is 1.15. The molecule has 4 rings (SSSR count). The average Bonchev–Trinajstić information content (AvgIpc) is 3.21. The second-order valence-corrected chi connectivity index (χ2v) is 7.72. The lowest BCUT2D eigenvalue weighted by Crippen LogP contribution is -2.50. The zero-order chi connectivity index (χ0) is 17.2. The van der Waals surface area contributed by atoms with Crippen LogP contribution in [-0.4, -0.2) is 41.0 Å². The van der Waals surface area contributed by atoms with Crippen LogP contribution in [0.2, 0.25) is 0 Å². The predicted molar refractivity (Wildman–Crippen MR) is 97.5 cm³/mol. The molecule has 2 saturated heterocycles. The number of carbonyl (C=O) groups is 2. The zero-order valence-electron chi connectivity index (χ0n) is 14.0. The van der Waals surface area contributed by atoms with Gasteiger partial charge in [-0.25, -0.2) is 9.78 Å². The van der Waals surface area contributed by atoms with E-state index in [1.165, 1.54) is 0 Å². The van der Waals surface area contributed by atoms with E-state index in [2.05, 4.69) is 16.7 Å². The highest BCUT2D eigenvalue weighted by Crippen LogP contribution is 2.36. The fraction of sp³-hybridized carbons (Fsp3) is 0.500. The maximum atomic E-state index is 12.8. The molecule has 0 spiro atoms. The molecular formula is C18H22N4O2S. The number of fused-ring (bicyclic) bond motifs is 1. The van der Waals surface area contributed by atoms with Crippen LogP contribution >= 0.6 is 11.3 Å². The number of para-hydroxylation sites is 1. The van der Waals surface area contributed by atoms with Crippen LogP contribution in [-0.2, 0) is 4.79 Å². The Morgan fingerprint density at radius 3 is 3.00 bits per heavy atom. The number of nitrogens with one attached hydrogen (secondary N) is 2. The molecule has 25 heavy (non-hydrogen) atoms. The molecule has 0 bridgehead atoms. The van der Waals surface area contributed by atoms with Crippen LogP contribution in [0, 0.1) is 0 Å². The van der Waals surface area contributed by atoms with Crippen LogP contribution in [0.25, 0.3) is 10.2 Å². The van der Waals surface area contributed by atoms with Crippen molar-refractivity contribution in [3.8, 4) is 0 Å². The Morgan fingerprint density at radius 1 is 1.24 bits per heavy atom. The van der Waals surface area contributed by atoms with Crippen molar-refractivity contribution in [1.29, 1.82) is 0 Å². The van der Waals surface area contributed by atoms with E-state index in [1.807, 2.05) is 23.1 Å². The van der Waals surface area contributed by atoms with E-state index in [0.29, 0.717) is 19.5 Å². The third-order valence-corrected chi connectivity index (χ3v) is 6.08. The van der Waals surface area contributed by atoms with E-state index in [9.17, 15) is 9.59 Å². The smallest absolute Gasteiger partial charge is 0.318 e. The molecule has 2 aromatic rings. The Bertz CT molecular complexity index is 757. The van der Waals surface area contributed by atoms with Gasteiger partial charge in [-0.15, -0.1) is 11.3 Å². The zero-order valence-corrected chi connectivity index (χ0v) is 14.8. The van der Waals surface area contributed by atoms with Gasteiger partial charge in [-0.2, -0.15) is 0 Å². The molecule has 6 nitrogen and oxygen atoms in total. The lowest BCUT2D eigenvalue weighted by molar-refractivity contribution is -0.122. The number of hydrogen-bond acceptors (Lipinski definition) is 4. The van der Waals surface area contributed by atoms with Gasteiger partial charge in [-0.05, 0) is 44.2 Å². The van der Waals surface area contributed by atoms with Crippen LogP contribution < -0.4 is 10.6 Å². The Morgan fingerprint density at radius 2 is 2.12 bits per heavy atom. The van der Waals surface area contributed by atoms with Gasteiger partial charge < -0.3 is 15.5 Å². The second kappa shape index (κ2) is 7.00. The number of likely N-dealkylation sites (tertiary alicyclic amines) is 1. The van der Waals surface area contributed by atoms with Gasteiger partial charge in [-0.3, -0.25) is 4.79 Å². The number of benzene rings is 1. The molecule has 7 heteroatoms. The highest BCUT2D eigenvalue weighted by atomic mass is 32.1. The molecule has 1 aromatic heterocycles. The normalized spacial score (nSPS) is 24.2. The topological polar surface area (TPSA) is 74.3 Å². The van der Waals surface area contributed by atoms with E-state index in [1.54, 1.807) is 11.3 Å². The first-order valence-corrected chi connectivity index (χ1v) is 9.74. The number of nitrogens with zero attached hydrogens (tertiary/aromatic N) is 2. The molecule has 3 heterocycles. The minimum atomic E-state index is -0.424. The van der Waals surface area contributed by atoms with E-state index in [0.717, 1.165) is 40.9 Å². The quantitative estimate of drug-likeness (QED) is 0.867. The van der Waals surface area contributed by atoms with Gasteiger partial charge in [0, 0.05) is 13.1 Å². The third kappa shape index (κ3) is 3.33. The maximum absolute atomic E-state index is 12.8. The van der Waals surface area contributed by atoms with Gasteiger partial charge in [-0.1, -0.05) is 12.1 Å². The summed E-state index contributed by atoms with van der Waals surface area (Å²) in [6.07, 6.45) is 4.51. The van der Waals surface area contributed by atoms with Crippen LogP contribution in [0.3, 0.4) is 0 Å². The molecule has 2 fully saturated rings. The fourth-order valence-electron chi connectivity index (χ4n) is 3.61. The molecule has 2 N–H and O–H groups in total. The molecular weight excluding hydrogens is 336 g/mol. The number of amides is 3. The molecule has 0 radical (unpaired) electrons. The maximum Gasteiger partial charge on any atom is 0.318 e. The largest absolute Gasteiger partial charge is 0.354 e. The summed E-state index contributed by atoms with van der Waals surface area (Å²) in [5.41, 5.74) is 0.984. The molecule has 3 amide bonds. The second-order valence-electron chi connectivity index (χ2n) is 6.66.